The van der Waals surface area contributed by atoms with Crippen LogP contribution in [0.3, 0.4) is 0 Å². The van der Waals surface area contributed by atoms with E-state index in [9.17, 15) is 8.42 Å². The summed E-state index contributed by atoms with van der Waals surface area (Å²) in [5.74, 6) is 0. The molecule has 0 radical (unpaired) electrons. The summed E-state index contributed by atoms with van der Waals surface area (Å²) >= 11 is 0. The number of sulfonamides is 1. The molecule has 2 heterocycles. The summed E-state index contributed by atoms with van der Waals surface area (Å²) in [6, 6.07) is 18.6. The van der Waals surface area contributed by atoms with Crippen molar-refractivity contribution in [3.63, 3.8) is 0 Å². The number of hydrogen-bond acceptors (Lipinski definition) is 3. The van der Waals surface area contributed by atoms with E-state index in [0.717, 1.165) is 10.9 Å². The molecule has 4 rings (SSSR count). The lowest BCUT2D eigenvalue weighted by Crippen LogP contribution is -2.13. The van der Waals surface area contributed by atoms with Crippen molar-refractivity contribution in [1.29, 1.82) is 0 Å². The maximum absolute atomic E-state index is 12.1. The summed E-state index contributed by atoms with van der Waals surface area (Å²) < 4.78 is 26.8. The Balaban J connectivity index is 1.86. The van der Waals surface area contributed by atoms with Crippen LogP contribution in [-0.4, -0.2) is 13.4 Å². The number of nitrogens with one attached hydrogen (secondary N) is 1. The molecule has 2 aromatic carbocycles. The van der Waals surface area contributed by atoms with Crippen molar-refractivity contribution < 1.29 is 8.42 Å². The van der Waals surface area contributed by atoms with Crippen molar-refractivity contribution >= 4 is 32.7 Å². The molecule has 0 spiro atoms. The Labute approximate surface area is 128 Å². The first-order chi connectivity index (χ1) is 10.6. The van der Waals surface area contributed by atoms with Gasteiger partial charge in [-0.2, -0.15) is 0 Å². The number of pyridine rings is 1. The number of aromatic nitrogens is 1. The van der Waals surface area contributed by atoms with Crippen molar-refractivity contribution in [1.82, 2.24) is 9.71 Å². The van der Waals surface area contributed by atoms with E-state index in [1.807, 2.05) is 42.5 Å². The van der Waals surface area contributed by atoms with Gasteiger partial charge in [-0.15, -0.1) is 0 Å². The zero-order valence-electron chi connectivity index (χ0n) is 11.5. The van der Waals surface area contributed by atoms with Crippen LogP contribution < -0.4 is 4.72 Å². The molecule has 0 aliphatic carbocycles. The zero-order chi connectivity index (χ0) is 15.2. The first-order valence-electron chi connectivity index (χ1n) is 6.83. The normalized spacial score (nSPS) is 17.4. The summed E-state index contributed by atoms with van der Waals surface area (Å²) in [6.07, 6.45) is 1.76. The topological polar surface area (TPSA) is 59.1 Å². The molecule has 108 valence electrons. The van der Waals surface area contributed by atoms with Gasteiger partial charge in [0.15, 0.2) is 0 Å². The predicted molar refractivity (Wildman–Crippen MR) is 86.4 cm³/mol. The highest BCUT2D eigenvalue weighted by Crippen LogP contribution is 2.30. The van der Waals surface area contributed by atoms with Crippen LogP contribution in [0.2, 0.25) is 0 Å². The standard InChI is InChI=1S/C17H12N2O2S/c20-22(21)17-8-4-2-6-14(17)16(19-22)11-13-10-9-12-5-1-3-7-15(12)18-13/h1-11,19H/b16-11-. The summed E-state index contributed by atoms with van der Waals surface area (Å²) in [6.45, 7) is 0. The summed E-state index contributed by atoms with van der Waals surface area (Å²) in [4.78, 5) is 4.86. The molecule has 0 atom stereocenters. The van der Waals surface area contributed by atoms with Crippen molar-refractivity contribution in [2.24, 2.45) is 0 Å². The van der Waals surface area contributed by atoms with Gasteiger partial charge in [0.05, 0.1) is 21.8 Å². The van der Waals surface area contributed by atoms with Crippen molar-refractivity contribution in [3.05, 3.63) is 71.9 Å². The molecule has 0 bridgehead atoms. The Hall–Kier alpha value is -2.66. The highest BCUT2D eigenvalue weighted by atomic mass is 32.2. The highest BCUT2D eigenvalue weighted by molar-refractivity contribution is 7.90. The average Bonchev–Trinajstić information content (AvgIpc) is 2.79. The van der Waals surface area contributed by atoms with Crippen LogP contribution in [-0.2, 0) is 10.0 Å². The number of nitrogens with zero attached hydrogens (tertiary/aromatic N) is 1. The van der Waals surface area contributed by atoms with E-state index in [-0.39, 0.29) is 0 Å². The second-order valence-electron chi connectivity index (χ2n) is 5.09. The maximum atomic E-state index is 12.1. The molecule has 0 saturated carbocycles. The number of para-hydroxylation sites is 1. The first-order valence-corrected chi connectivity index (χ1v) is 8.31. The van der Waals surface area contributed by atoms with Crippen LogP contribution >= 0.6 is 0 Å². The lowest BCUT2D eigenvalue weighted by Gasteiger charge is -2.01. The molecule has 1 aliphatic heterocycles. The van der Waals surface area contributed by atoms with E-state index in [4.69, 9.17) is 0 Å². The molecule has 0 amide bonds. The Kier molecular flexibility index (Phi) is 2.77. The lowest BCUT2D eigenvalue weighted by molar-refractivity contribution is 0.594. The van der Waals surface area contributed by atoms with Crippen molar-refractivity contribution in [2.75, 3.05) is 0 Å². The first kappa shape index (κ1) is 13.0. The lowest BCUT2D eigenvalue weighted by atomic mass is 10.1. The minimum absolute atomic E-state index is 0.307. The number of hydrogen-bond donors (Lipinski definition) is 1. The Morgan fingerprint density at radius 3 is 2.59 bits per heavy atom. The third kappa shape index (κ3) is 2.07. The van der Waals surface area contributed by atoms with Crippen molar-refractivity contribution in [3.8, 4) is 0 Å². The quantitative estimate of drug-likeness (QED) is 0.752. The van der Waals surface area contributed by atoms with E-state index < -0.39 is 10.0 Å². The van der Waals surface area contributed by atoms with Gasteiger partial charge in [-0.05, 0) is 24.3 Å². The number of fused-ring (bicyclic) bond motifs is 2. The molecule has 0 unspecified atom stereocenters. The van der Waals surface area contributed by atoms with E-state index >= 15 is 0 Å². The second-order valence-corrected chi connectivity index (χ2v) is 6.74. The molecule has 4 nitrogen and oxygen atoms in total. The summed E-state index contributed by atoms with van der Waals surface area (Å²) in [5.41, 5.74) is 2.83. The Bertz CT molecular complexity index is 1020. The van der Waals surface area contributed by atoms with E-state index in [1.165, 1.54) is 0 Å². The largest absolute Gasteiger partial charge is 0.279 e. The zero-order valence-corrected chi connectivity index (χ0v) is 12.3. The summed E-state index contributed by atoms with van der Waals surface area (Å²) in [7, 11) is -3.46. The van der Waals surface area contributed by atoms with Crippen LogP contribution in [0.15, 0.2) is 65.6 Å². The molecule has 0 saturated heterocycles. The smallest absolute Gasteiger partial charge is 0.262 e. The second kappa shape index (κ2) is 4.68. The maximum Gasteiger partial charge on any atom is 0.262 e. The van der Waals surface area contributed by atoms with Gasteiger partial charge in [-0.25, -0.2) is 13.4 Å². The van der Waals surface area contributed by atoms with Gasteiger partial charge in [-0.3, -0.25) is 4.72 Å². The fourth-order valence-electron chi connectivity index (χ4n) is 2.60. The van der Waals surface area contributed by atoms with Crippen LogP contribution in [0, 0.1) is 0 Å². The van der Waals surface area contributed by atoms with Crippen LogP contribution in [0.4, 0.5) is 0 Å². The van der Waals surface area contributed by atoms with Gasteiger partial charge < -0.3 is 0 Å². The fourth-order valence-corrected chi connectivity index (χ4v) is 3.89. The van der Waals surface area contributed by atoms with Gasteiger partial charge in [0.1, 0.15) is 0 Å². The molecular weight excluding hydrogens is 296 g/mol. The van der Waals surface area contributed by atoms with Crippen LogP contribution in [0.1, 0.15) is 11.3 Å². The Morgan fingerprint density at radius 2 is 1.68 bits per heavy atom. The third-order valence-electron chi connectivity index (χ3n) is 3.62. The minimum atomic E-state index is -3.46. The fraction of sp³-hybridized carbons (Fsp3) is 0. The molecule has 1 N–H and O–H groups in total. The van der Waals surface area contributed by atoms with E-state index in [0.29, 0.717) is 21.8 Å². The third-order valence-corrected chi connectivity index (χ3v) is 5.05. The molecular formula is C17H12N2O2S. The molecule has 1 aliphatic rings. The van der Waals surface area contributed by atoms with Gasteiger partial charge in [0.25, 0.3) is 10.0 Å². The van der Waals surface area contributed by atoms with Gasteiger partial charge in [0, 0.05) is 10.9 Å². The minimum Gasteiger partial charge on any atom is -0.279 e. The SMILES string of the molecule is O=S1(=O)N/C(=C\c2ccc3ccccc3n2)c2ccccc21. The predicted octanol–water partition coefficient (Wildman–Crippen LogP) is 3.02. The Morgan fingerprint density at radius 1 is 0.909 bits per heavy atom. The van der Waals surface area contributed by atoms with Gasteiger partial charge in [-0.1, -0.05) is 42.5 Å². The monoisotopic (exact) mass is 308 g/mol. The van der Waals surface area contributed by atoms with Gasteiger partial charge >= 0.3 is 0 Å². The molecule has 3 aromatic rings. The molecule has 5 heteroatoms. The van der Waals surface area contributed by atoms with E-state index in [1.54, 1.807) is 24.3 Å². The van der Waals surface area contributed by atoms with E-state index in [2.05, 4.69) is 9.71 Å². The van der Waals surface area contributed by atoms with Crippen molar-refractivity contribution in [2.45, 2.75) is 4.90 Å². The number of benzene rings is 2. The van der Waals surface area contributed by atoms with Crippen LogP contribution in [0.25, 0.3) is 22.7 Å². The summed E-state index contributed by atoms with van der Waals surface area (Å²) in [5, 5.41) is 1.05. The molecule has 22 heavy (non-hydrogen) atoms. The molecule has 1 aromatic heterocycles. The van der Waals surface area contributed by atoms with Crippen LogP contribution in [0.5, 0.6) is 0 Å². The van der Waals surface area contributed by atoms with Gasteiger partial charge in [0.2, 0.25) is 0 Å². The average molecular weight is 308 g/mol. The molecule has 0 fully saturated rings. The number of rotatable bonds is 1. The highest BCUT2D eigenvalue weighted by Gasteiger charge is 2.28.